The van der Waals surface area contributed by atoms with Crippen molar-refractivity contribution >= 4 is 22.6 Å². The summed E-state index contributed by atoms with van der Waals surface area (Å²) in [4.78, 5) is 0. The number of aliphatic hydroxyl groups is 1. The zero-order valence-corrected chi connectivity index (χ0v) is 20.3. The van der Waals surface area contributed by atoms with E-state index in [1.807, 2.05) is 10.2 Å². The Bertz CT molecular complexity index is 378. The van der Waals surface area contributed by atoms with Crippen LogP contribution in [0.15, 0.2) is 10.2 Å². The lowest BCUT2D eigenvalue weighted by Gasteiger charge is -2.25. The minimum absolute atomic E-state index is 0.0704. The molecule has 0 unspecified atom stereocenters. The quantitative estimate of drug-likeness (QED) is 0.129. The molecule has 4 atom stereocenters. The number of hydrogen-bond acceptors (Lipinski definition) is 4. The highest BCUT2D eigenvalue weighted by Gasteiger charge is 2.35. The van der Waals surface area contributed by atoms with Gasteiger partial charge in [0.25, 0.3) is 0 Å². The second kappa shape index (κ2) is 18.1. The number of aliphatic hydroxyl groups excluding tert-OH is 1. The molecule has 1 rings (SSSR count). The first-order valence-corrected chi connectivity index (χ1v) is 12.7. The van der Waals surface area contributed by atoms with Gasteiger partial charge in [0.1, 0.15) is 6.79 Å². The molecule has 1 aliphatic rings. The summed E-state index contributed by atoms with van der Waals surface area (Å²) in [5, 5.41) is 10.3. The van der Waals surface area contributed by atoms with Crippen LogP contribution in [0.2, 0.25) is 0 Å². The van der Waals surface area contributed by atoms with Gasteiger partial charge in [0.15, 0.2) is 0 Å². The highest BCUT2D eigenvalue weighted by molar-refractivity contribution is 14.1. The summed E-state index contributed by atoms with van der Waals surface area (Å²) in [5.74, 6) is 0. The topological polar surface area (TPSA) is 47.9 Å². The first kappa shape index (κ1) is 26.3. The molecule has 0 spiro atoms. The summed E-state index contributed by atoms with van der Waals surface area (Å²) in [7, 11) is 1.66. The summed E-state index contributed by atoms with van der Waals surface area (Å²) in [6.07, 6.45) is 18.6. The lowest BCUT2D eigenvalue weighted by Crippen LogP contribution is -2.33. The Labute approximate surface area is 186 Å². The second-order valence-corrected chi connectivity index (χ2v) is 8.76. The molecule has 0 aromatic heterocycles. The molecule has 1 aliphatic heterocycles. The molecule has 0 radical (unpaired) electrons. The molecule has 166 valence electrons. The molecule has 1 fully saturated rings. The minimum Gasteiger partial charge on any atom is -0.390 e. The molecule has 5 heteroatoms. The van der Waals surface area contributed by atoms with Crippen LogP contribution >= 0.6 is 22.6 Å². The van der Waals surface area contributed by atoms with Crippen molar-refractivity contribution in [3.05, 3.63) is 10.2 Å². The summed E-state index contributed by atoms with van der Waals surface area (Å²) in [6, 6.07) is 0. The van der Waals surface area contributed by atoms with Gasteiger partial charge in [0, 0.05) is 7.11 Å². The molecule has 0 amide bonds. The van der Waals surface area contributed by atoms with Gasteiger partial charge in [-0.1, -0.05) is 99.8 Å². The van der Waals surface area contributed by atoms with E-state index in [1.165, 1.54) is 64.2 Å². The number of hydrogen-bond donors (Lipinski definition) is 1. The monoisotopic (exact) mass is 510 g/mol. The molecule has 0 aromatic carbocycles. The maximum absolute atomic E-state index is 10.3. The van der Waals surface area contributed by atoms with Crippen LogP contribution in [0, 0.1) is 0 Å². The number of ether oxygens (including phenoxy) is 3. The molecule has 1 N–H and O–H groups in total. The first-order valence-electron chi connectivity index (χ1n) is 11.4. The van der Waals surface area contributed by atoms with Crippen molar-refractivity contribution in [2.24, 2.45) is 0 Å². The molecule has 1 saturated heterocycles. The fourth-order valence-electron chi connectivity index (χ4n) is 3.95. The van der Waals surface area contributed by atoms with E-state index in [0.29, 0.717) is 13.2 Å². The van der Waals surface area contributed by atoms with E-state index >= 15 is 0 Å². The van der Waals surface area contributed by atoms with Crippen LogP contribution in [0.1, 0.15) is 96.8 Å². The van der Waals surface area contributed by atoms with Crippen LogP contribution in [-0.4, -0.2) is 43.4 Å². The van der Waals surface area contributed by atoms with E-state index in [0.717, 1.165) is 19.3 Å². The first-order chi connectivity index (χ1) is 13.7. The van der Waals surface area contributed by atoms with Gasteiger partial charge in [0.05, 0.1) is 24.4 Å². The molecule has 0 aromatic rings. The predicted molar refractivity (Wildman–Crippen MR) is 125 cm³/mol. The van der Waals surface area contributed by atoms with Crippen molar-refractivity contribution in [1.29, 1.82) is 0 Å². The van der Waals surface area contributed by atoms with Gasteiger partial charge in [-0.05, 0) is 29.8 Å². The Hall–Kier alpha value is 0.310. The predicted octanol–water partition coefficient (Wildman–Crippen LogP) is 6.53. The Morgan fingerprint density at radius 3 is 2.21 bits per heavy atom. The molecule has 28 heavy (non-hydrogen) atoms. The average Bonchev–Trinajstić information content (AvgIpc) is 3.20. The smallest absolute Gasteiger partial charge is 0.146 e. The minimum atomic E-state index is -0.420. The van der Waals surface area contributed by atoms with Gasteiger partial charge < -0.3 is 19.3 Å². The number of halogens is 1. The van der Waals surface area contributed by atoms with E-state index in [2.05, 4.69) is 29.5 Å². The normalized spacial score (nSPS) is 22.1. The summed E-state index contributed by atoms with van der Waals surface area (Å²) >= 11 is 2.18. The third kappa shape index (κ3) is 12.1. The Morgan fingerprint density at radius 1 is 1.00 bits per heavy atom. The molecule has 0 saturated carbocycles. The van der Waals surface area contributed by atoms with Crippen LogP contribution in [0.5, 0.6) is 0 Å². The zero-order valence-electron chi connectivity index (χ0n) is 18.1. The van der Waals surface area contributed by atoms with Crippen molar-refractivity contribution in [2.75, 3.05) is 13.9 Å². The second-order valence-electron chi connectivity index (χ2n) is 8.04. The van der Waals surface area contributed by atoms with Crippen molar-refractivity contribution < 1.29 is 19.3 Å². The van der Waals surface area contributed by atoms with E-state index in [4.69, 9.17) is 14.2 Å². The SMILES string of the molecule is CCCCCCCCCCCC[C@@H](OCOC)[C@H]1CC[C@H]([C@H](O)C/C=C/I)O1. The van der Waals surface area contributed by atoms with Gasteiger partial charge in [-0.2, -0.15) is 0 Å². The zero-order chi connectivity index (χ0) is 20.5. The third-order valence-corrected chi connectivity index (χ3v) is 6.15. The van der Waals surface area contributed by atoms with Crippen LogP contribution in [0.4, 0.5) is 0 Å². The van der Waals surface area contributed by atoms with Crippen LogP contribution < -0.4 is 0 Å². The van der Waals surface area contributed by atoms with Crippen molar-refractivity contribution in [2.45, 2.75) is 121 Å². The molecular weight excluding hydrogens is 467 g/mol. The molecule has 4 nitrogen and oxygen atoms in total. The fourth-order valence-corrected chi connectivity index (χ4v) is 4.25. The molecule has 0 aliphatic carbocycles. The fraction of sp³-hybridized carbons (Fsp3) is 0.913. The van der Waals surface area contributed by atoms with Crippen molar-refractivity contribution in [3.8, 4) is 0 Å². The van der Waals surface area contributed by atoms with E-state index in [1.54, 1.807) is 7.11 Å². The van der Waals surface area contributed by atoms with Crippen LogP contribution in [0.25, 0.3) is 0 Å². The Kier molecular flexibility index (Phi) is 17.0. The summed E-state index contributed by atoms with van der Waals surface area (Å²) < 4.78 is 19.1. The standard InChI is InChI=1S/C23H43IO4/c1-3-4-5-6-7-8-9-10-11-12-15-22(27-19-26-2)23-17-16-21(28-23)20(25)14-13-18-24/h13,18,20-23,25H,3-12,14-17,19H2,1-2H3/b18-13+/t20-,21-,22-,23-/m1/s1. The van der Waals surface area contributed by atoms with Gasteiger partial charge in [-0.25, -0.2) is 0 Å². The van der Waals surface area contributed by atoms with Crippen molar-refractivity contribution in [3.63, 3.8) is 0 Å². The van der Waals surface area contributed by atoms with Gasteiger partial charge in [-0.3, -0.25) is 0 Å². The van der Waals surface area contributed by atoms with Gasteiger partial charge in [-0.15, -0.1) is 0 Å². The third-order valence-electron chi connectivity index (χ3n) is 5.64. The lowest BCUT2D eigenvalue weighted by atomic mass is 10.0. The van der Waals surface area contributed by atoms with E-state index in [-0.39, 0.29) is 18.3 Å². The molecule has 1 heterocycles. The van der Waals surface area contributed by atoms with Crippen LogP contribution in [0.3, 0.4) is 0 Å². The Morgan fingerprint density at radius 2 is 1.61 bits per heavy atom. The van der Waals surface area contributed by atoms with Crippen molar-refractivity contribution in [1.82, 2.24) is 0 Å². The highest BCUT2D eigenvalue weighted by atomic mass is 127. The largest absolute Gasteiger partial charge is 0.390 e. The van der Waals surface area contributed by atoms with E-state index in [9.17, 15) is 5.11 Å². The average molecular weight is 510 g/mol. The van der Waals surface area contributed by atoms with Crippen LogP contribution in [-0.2, 0) is 14.2 Å². The summed E-state index contributed by atoms with van der Waals surface area (Å²) in [6.45, 7) is 2.58. The van der Waals surface area contributed by atoms with E-state index < -0.39 is 6.10 Å². The maximum Gasteiger partial charge on any atom is 0.146 e. The maximum atomic E-state index is 10.3. The highest BCUT2D eigenvalue weighted by Crippen LogP contribution is 2.29. The number of unbranched alkanes of at least 4 members (excludes halogenated alkanes) is 9. The summed E-state index contributed by atoms with van der Waals surface area (Å²) in [5.41, 5.74) is 0. The number of methoxy groups -OCH3 is 1. The molecular formula is C23H43IO4. The van der Waals surface area contributed by atoms with Gasteiger partial charge >= 0.3 is 0 Å². The van der Waals surface area contributed by atoms with Gasteiger partial charge in [0.2, 0.25) is 0 Å². The lowest BCUT2D eigenvalue weighted by molar-refractivity contribution is -0.137. The Balaban J connectivity index is 2.20. The number of rotatable bonds is 18. The molecule has 0 bridgehead atoms.